The fourth-order valence-electron chi connectivity index (χ4n) is 2.24. The van der Waals surface area contributed by atoms with Crippen LogP contribution in [0.4, 0.5) is 0 Å². The Bertz CT molecular complexity index is 638. The molecule has 2 aromatic rings. The van der Waals surface area contributed by atoms with E-state index in [4.69, 9.17) is 14.0 Å². The average molecular weight is 288 g/mol. The Hall–Kier alpha value is -2.21. The van der Waals surface area contributed by atoms with E-state index in [1.807, 2.05) is 31.2 Å². The minimum atomic E-state index is -0.449. The third kappa shape index (κ3) is 2.95. The molecule has 0 spiro atoms. The van der Waals surface area contributed by atoms with Crippen LogP contribution < -0.4 is 4.74 Å². The molecule has 6 heteroatoms. The van der Waals surface area contributed by atoms with Crippen molar-refractivity contribution in [3.05, 3.63) is 30.2 Å². The molecule has 0 radical (unpaired) electrons. The number of hydrogen-bond donors (Lipinski definition) is 0. The molecule has 0 saturated carbocycles. The quantitative estimate of drug-likeness (QED) is 0.858. The van der Waals surface area contributed by atoms with Crippen molar-refractivity contribution in [3.63, 3.8) is 0 Å². The maximum absolute atomic E-state index is 11.9. The van der Waals surface area contributed by atoms with Crippen LogP contribution >= 0.6 is 0 Å². The topological polar surface area (TPSA) is 74.5 Å². The molecule has 0 aliphatic carbocycles. The Balaban J connectivity index is 1.84. The third-order valence-electron chi connectivity index (χ3n) is 3.31. The maximum atomic E-state index is 11.9. The highest BCUT2D eigenvalue weighted by Crippen LogP contribution is 2.25. The molecule has 1 aliphatic heterocycles. The number of hydrogen-bond acceptors (Lipinski definition) is 6. The molecule has 1 unspecified atom stereocenters. The van der Waals surface area contributed by atoms with Gasteiger partial charge in [0.15, 0.2) is 0 Å². The molecule has 21 heavy (non-hydrogen) atoms. The van der Waals surface area contributed by atoms with Crippen molar-refractivity contribution in [2.45, 2.75) is 19.3 Å². The molecule has 110 valence electrons. The van der Waals surface area contributed by atoms with Crippen LogP contribution in [-0.2, 0) is 9.53 Å². The molecular weight excluding hydrogens is 272 g/mol. The number of carbonyl (C=O) groups excluding carboxylic acids is 1. The van der Waals surface area contributed by atoms with Gasteiger partial charge in [-0.25, -0.2) is 0 Å². The van der Waals surface area contributed by atoms with Crippen LogP contribution in [0.5, 0.6) is 5.75 Å². The van der Waals surface area contributed by atoms with Gasteiger partial charge in [0.05, 0.1) is 19.8 Å². The van der Waals surface area contributed by atoms with Gasteiger partial charge in [0, 0.05) is 12.0 Å². The standard InChI is InChI=1S/C15H16N2O4/c1-2-20-11-5-3-4-10(8-11)14-16-15(21-17-14)12-9-19-7-6-13(12)18/h3-5,8,12H,2,6-7,9H2,1H3. The Morgan fingerprint density at radius 2 is 2.33 bits per heavy atom. The van der Waals surface area contributed by atoms with Crippen molar-refractivity contribution < 1.29 is 18.8 Å². The molecule has 1 fully saturated rings. The van der Waals surface area contributed by atoms with E-state index >= 15 is 0 Å². The van der Waals surface area contributed by atoms with E-state index in [9.17, 15) is 4.79 Å². The zero-order valence-corrected chi connectivity index (χ0v) is 11.7. The molecule has 6 nitrogen and oxygen atoms in total. The SMILES string of the molecule is CCOc1cccc(-c2noc(C3COCCC3=O)n2)c1. The molecule has 1 atom stereocenters. The highest BCUT2D eigenvalue weighted by Gasteiger charge is 2.29. The molecular formula is C15H16N2O4. The zero-order chi connectivity index (χ0) is 14.7. The van der Waals surface area contributed by atoms with Crippen LogP contribution in [0.2, 0.25) is 0 Å². The number of ketones is 1. The average Bonchev–Trinajstić information content (AvgIpc) is 2.98. The van der Waals surface area contributed by atoms with Crippen LogP contribution in [0.15, 0.2) is 28.8 Å². The van der Waals surface area contributed by atoms with Gasteiger partial charge in [-0.05, 0) is 19.1 Å². The lowest BCUT2D eigenvalue weighted by atomic mass is 10.0. The van der Waals surface area contributed by atoms with Gasteiger partial charge in [-0.15, -0.1) is 0 Å². The van der Waals surface area contributed by atoms with Gasteiger partial charge >= 0.3 is 0 Å². The van der Waals surface area contributed by atoms with Crippen molar-refractivity contribution in [1.82, 2.24) is 10.1 Å². The largest absolute Gasteiger partial charge is 0.494 e. The Morgan fingerprint density at radius 1 is 1.43 bits per heavy atom. The van der Waals surface area contributed by atoms with E-state index in [0.29, 0.717) is 38.0 Å². The minimum Gasteiger partial charge on any atom is -0.494 e. The number of aromatic nitrogens is 2. The molecule has 0 N–H and O–H groups in total. The van der Waals surface area contributed by atoms with Crippen LogP contribution in [-0.4, -0.2) is 35.7 Å². The first-order valence-electron chi connectivity index (χ1n) is 6.95. The van der Waals surface area contributed by atoms with Gasteiger partial charge in [-0.2, -0.15) is 4.98 Å². The molecule has 3 rings (SSSR count). The molecule has 1 saturated heterocycles. The first-order chi connectivity index (χ1) is 10.3. The van der Waals surface area contributed by atoms with Crippen LogP contribution in [0.3, 0.4) is 0 Å². The highest BCUT2D eigenvalue weighted by atomic mass is 16.5. The van der Waals surface area contributed by atoms with Crippen LogP contribution in [0.25, 0.3) is 11.4 Å². The summed E-state index contributed by atoms with van der Waals surface area (Å²) in [5, 5.41) is 3.95. The van der Waals surface area contributed by atoms with Crippen LogP contribution in [0.1, 0.15) is 25.2 Å². The second-order valence-electron chi connectivity index (χ2n) is 4.76. The molecule has 1 aromatic heterocycles. The van der Waals surface area contributed by atoms with Crippen LogP contribution in [0, 0.1) is 0 Å². The number of benzene rings is 1. The van der Waals surface area contributed by atoms with Crippen molar-refractivity contribution in [3.8, 4) is 17.1 Å². The lowest BCUT2D eigenvalue weighted by Gasteiger charge is -2.17. The Morgan fingerprint density at radius 3 is 3.14 bits per heavy atom. The maximum Gasteiger partial charge on any atom is 0.239 e. The number of carbonyl (C=O) groups is 1. The van der Waals surface area contributed by atoms with Gasteiger partial charge in [-0.1, -0.05) is 17.3 Å². The fourth-order valence-corrected chi connectivity index (χ4v) is 2.24. The first kappa shape index (κ1) is 13.8. The monoisotopic (exact) mass is 288 g/mol. The fraction of sp³-hybridized carbons (Fsp3) is 0.400. The molecule has 2 heterocycles. The Labute approximate surface area is 122 Å². The number of Topliss-reactive ketones (excluding diaryl/α,β-unsaturated/α-hetero) is 1. The predicted molar refractivity (Wildman–Crippen MR) is 74.1 cm³/mol. The summed E-state index contributed by atoms with van der Waals surface area (Å²) in [5.74, 6) is 1.15. The summed E-state index contributed by atoms with van der Waals surface area (Å²) in [7, 11) is 0. The van der Waals surface area contributed by atoms with Gasteiger partial charge < -0.3 is 14.0 Å². The number of ether oxygens (including phenoxy) is 2. The smallest absolute Gasteiger partial charge is 0.239 e. The summed E-state index contributed by atoms with van der Waals surface area (Å²) in [4.78, 5) is 16.2. The second kappa shape index (κ2) is 6.05. The minimum absolute atomic E-state index is 0.0829. The van der Waals surface area contributed by atoms with E-state index in [0.717, 1.165) is 11.3 Å². The van der Waals surface area contributed by atoms with E-state index in [2.05, 4.69) is 10.1 Å². The summed E-state index contributed by atoms with van der Waals surface area (Å²) in [6.07, 6.45) is 0.391. The van der Waals surface area contributed by atoms with Gasteiger partial charge in [-0.3, -0.25) is 4.79 Å². The third-order valence-corrected chi connectivity index (χ3v) is 3.31. The molecule has 1 aromatic carbocycles. The summed E-state index contributed by atoms with van der Waals surface area (Å²) in [6, 6.07) is 7.45. The summed E-state index contributed by atoms with van der Waals surface area (Å²) >= 11 is 0. The predicted octanol–water partition coefficient (Wildman–Crippen LogP) is 2.21. The lowest BCUT2D eigenvalue weighted by Crippen LogP contribution is -2.25. The van der Waals surface area contributed by atoms with E-state index in [1.54, 1.807) is 0 Å². The summed E-state index contributed by atoms with van der Waals surface area (Å²) in [5.41, 5.74) is 0.792. The molecule has 0 amide bonds. The van der Waals surface area contributed by atoms with E-state index in [-0.39, 0.29) is 5.78 Å². The molecule has 1 aliphatic rings. The van der Waals surface area contributed by atoms with E-state index < -0.39 is 5.92 Å². The molecule has 0 bridgehead atoms. The van der Waals surface area contributed by atoms with Gasteiger partial charge in [0.25, 0.3) is 0 Å². The van der Waals surface area contributed by atoms with E-state index in [1.165, 1.54) is 0 Å². The Kier molecular flexibility index (Phi) is 3.96. The van der Waals surface area contributed by atoms with Crippen molar-refractivity contribution in [1.29, 1.82) is 0 Å². The summed E-state index contributed by atoms with van der Waals surface area (Å²) < 4.78 is 16.0. The van der Waals surface area contributed by atoms with Crippen molar-refractivity contribution >= 4 is 5.78 Å². The second-order valence-corrected chi connectivity index (χ2v) is 4.76. The highest BCUT2D eigenvalue weighted by molar-refractivity contribution is 5.85. The van der Waals surface area contributed by atoms with Crippen molar-refractivity contribution in [2.24, 2.45) is 0 Å². The van der Waals surface area contributed by atoms with Gasteiger partial charge in [0.1, 0.15) is 17.5 Å². The normalized spacial score (nSPS) is 18.7. The number of rotatable bonds is 4. The number of nitrogens with zero attached hydrogens (tertiary/aromatic N) is 2. The van der Waals surface area contributed by atoms with Gasteiger partial charge in [0.2, 0.25) is 11.7 Å². The summed E-state index contributed by atoms with van der Waals surface area (Å²) in [6.45, 7) is 3.29. The first-order valence-corrected chi connectivity index (χ1v) is 6.95. The van der Waals surface area contributed by atoms with Crippen molar-refractivity contribution in [2.75, 3.05) is 19.8 Å². The lowest BCUT2D eigenvalue weighted by molar-refractivity contribution is -0.127. The zero-order valence-electron chi connectivity index (χ0n) is 11.7.